The molecule has 8 aromatic carbocycles. The minimum Gasteiger partial charge on any atom is -0.309 e. The fourth-order valence-corrected chi connectivity index (χ4v) is 10.7. The van der Waals surface area contributed by atoms with E-state index < -0.39 is 0 Å². The van der Waals surface area contributed by atoms with Crippen LogP contribution in [-0.2, 0) is 0 Å². The maximum atomic E-state index is 5.61. The monoisotopic (exact) mass is 742 g/mol. The van der Waals surface area contributed by atoms with E-state index in [1.165, 1.54) is 63.9 Å². The third kappa shape index (κ3) is 4.26. The molecule has 0 aliphatic heterocycles. The average molecular weight is 743 g/mol. The molecular formula is C52H30N4S. The van der Waals surface area contributed by atoms with Crippen molar-refractivity contribution in [1.82, 2.24) is 19.1 Å². The number of nitrogens with zero attached hydrogens (tertiary/aromatic N) is 4. The fourth-order valence-electron chi connectivity index (χ4n) is 9.57. The molecule has 0 amide bonds. The Morgan fingerprint density at radius 2 is 0.860 bits per heavy atom. The molecule has 0 atom stereocenters. The summed E-state index contributed by atoms with van der Waals surface area (Å²) in [6, 6.07) is 63.7. The largest absolute Gasteiger partial charge is 0.309 e. The van der Waals surface area contributed by atoms with Crippen LogP contribution in [0.25, 0.3) is 120 Å². The molecule has 4 heterocycles. The third-order valence-corrected chi connectivity index (χ3v) is 13.1. The molecule has 0 saturated carbocycles. The molecule has 0 spiro atoms. The van der Waals surface area contributed by atoms with Gasteiger partial charge in [0.15, 0.2) is 5.82 Å². The van der Waals surface area contributed by atoms with Crippen molar-refractivity contribution in [2.75, 3.05) is 0 Å². The number of aromatic nitrogens is 4. The van der Waals surface area contributed by atoms with E-state index in [4.69, 9.17) is 9.97 Å². The van der Waals surface area contributed by atoms with Crippen molar-refractivity contribution in [3.05, 3.63) is 182 Å². The van der Waals surface area contributed by atoms with Gasteiger partial charge in [-0.2, -0.15) is 0 Å². The summed E-state index contributed by atoms with van der Waals surface area (Å²) in [5, 5.41) is 7.49. The first kappa shape index (κ1) is 30.9. The van der Waals surface area contributed by atoms with Gasteiger partial charge in [0.1, 0.15) is 0 Å². The molecule has 0 bridgehead atoms. The first-order valence-corrected chi connectivity index (χ1v) is 20.1. The van der Waals surface area contributed by atoms with Gasteiger partial charge in [0.25, 0.3) is 0 Å². The van der Waals surface area contributed by atoms with Crippen LogP contribution in [0.1, 0.15) is 0 Å². The lowest BCUT2D eigenvalue weighted by Crippen LogP contribution is -2.05. The normalized spacial score (nSPS) is 12.2. The molecule has 4 aromatic heterocycles. The minimum absolute atomic E-state index is 0.791. The predicted molar refractivity (Wildman–Crippen MR) is 239 cm³/mol. The van der Waals surface area contributed by atoms with E-state index in [2.05, 4.69) is 185 Å². The maximum absolute atomic E-state index is 5.61. The molecular weight excluding hydrogens is 713 g/mol. The zero-order valence-electron chi connectivity index (χ0n) is 30.5. The summed E-state index contributed by atoms with van der Waals surface area (Å²) < 4.78 is 7.36. The van der Waals surface area contributed by atoms with Crippen LogP contribution < -0.4 is 0 Å². The molecule has 1 aliphatic carbocycles. The van der Waals surface area contributed by atoms with Crippen molar-refractivity contribution in [3.63, 3.8) is 0 Å². The zero-order chi connectivity index (χ0) is 37.2. The molecule has 264 valence electrons. The molecule has 0 unspecified atom stereocenters. The van der Waals surface area contributed by atoms with Gasteiger partial charge in [0.2, 0.25) is 0 Å². The SMILES string of the molecule is c1ccc2c(c1)-c1ccccc1-c1ncc(-n3c4ccccc4c4c5c6ccccc6n(-c6ccc7c(c6)sc6ccccc67)c5ccc43)nc1-c1ccccc1-2. The fraction of sp³-hybridized carbons (Fsp3) is 0. The van der Waals surface area contributed by atoms with Gasteiger partial charge in [0, 0.05) is 58.5 Å². The van der Waals surface area contributed by atoms with Crippen LogP contribution in [0.15, 0.2) is 182 Å². The lowest BCUT2D eigenvalue weighted by atomic mass is 9.84. The van der Waals surface area contributed by atoms with Gasteiger partial charge in [-0.25, -0.2) is 4.98 Å². The second-order valence-corrected chi connectivity index (χ2v) is 16.0. The van der Waals surface area contributed by atoms with Crippen LogP contribution in [0.3, 0.4) is 0 Å². The molecule has 0 N–H and O–H groups in total. The van der Waals surface area contributed by atoms with Gasteiger partial charge in [-0.15, -0.1) is 11.3 Å². The molecule has 0 radical (unpaired) electrons. The van der Waals surface area contributed by atoms with Crippen LogP contribution in [0, 0.1) is 0 Å². The van der Waals surface area contributed by atoms with E-state index >= 15 is 0 Å². The smallest absolute Gasteiger partial charge is 0.156 e. The second kappa shape index (κ2) is 11.6. The lowest BCUT2D eigenvalue weighted by Gasteiger charge is -2.22. The van der Waals surface area contributed by atoms with E-state index in [0.29, 0.717) is 0 Å². The molecule has 12 aromatic rings. The van der Waals surface area contributed by atoms with Gasteiger partial charge in [0.05, 0.1) is 39.7 Å². The highest BCUT2D eigenvalue weighted by molar-refractivity contribution is 7.25. The Bertz CT molecular complexity index is 3650. The van der Waals surface area contributed by atoms with Crippen LogP contribution in [-0.4, -0.2) is 19.1 Å². The molecule has 0 saturated heterocycles. The van der Waals surface area contributed by atoms with Crippen molar-refractivity contribution in [1.29, 1.82) is 0 Å². The quantitative estimate of drug-likeness (QED) is 0.177. The Morgan fingerprint density at radius 3 is 1.53 bits per heavy atom. The first-order chi connectivity index (χ1) is 28.3. The summed E-state index contributed by atoms with van der Waals surface area (Å²) >= 11 is 1.86. The van der Waals surface area contributed by atoms with Gasteiger partial charge in [-0.3, -0.25) is 9.55 Å². The van der Waals surface area contributed by atoms with Crippen LogP contribution in [0.5, 0.6) is 0 Å². The van der Waals surface area contributed by atoms with Crippen molar-refractivity contribution in [2.45, 2.75) is 0 Å². The van der Waals surface area contributed by atoms with Crippen LogP contribution in [0.2, 0.25) is 0 Å². The van der Waals surface area contributed by atoms with Crippen molar-refractivity contribution < 1.29 is 0 Å². The van der Waals surface area contributed by atoms with E-state index in [0.717, 1.165) is 56.2 Å². The Balaban J connectivity index is 1.09. The average Bonchev–Trinajstić information content (AvgIpc) is 3.93. The maximum Gasteiger partial charge on any atom is 0.156 e. The summed E-state index contributed by atoms with van der Waals surface area (Å²) in [5.41, 5.74) is 14.4. The predicted octanol–water partition coefficient (Wildman–Crippen LogP) is 14.0. The number of hydrogen-bond donors (Lipinski definition) is 0. The van der Waals surface area contributed by atoms with Gasteiger partial charge in [-0.05, 0) is 64.7 Å². The first-order valence-electron chi connectivity index (χ1n) is 19.3. The Hall–Kier alpha value is -7.34. The highest BCUT2D eigenvalue weighted by Crippen LogP contribution is 2.48. The summed E-state index contributed by atoms with van der Waals surface area (Å²) in [6.07, 6.45) is 1.96. The Kier molecular flexibility index (Phi) is 6.29. The molecule has 13 rings (SSSR count). The van der Waals surface area contributed by atoms with E-state index in [1.807, 2.05) is 17.5 Å². The van der Waals surface area contributed by atoms with Crippen molar-refractivity contribution in [3.8, 4) is 56.3 Å². The standard InChI is InChI=1S/C52H30N4S/c1-2-14-33-32(13-1)34-15-3-5-18-38(34)51-52(39-19-6-4-16-35(33)39)54-48(30-53-51)56-43-23-11-8-21-41(43)50-45(56)28-27-44-49(50)40-20-7-10-22-42(40)55(44)31-25-26-37-36-17-9-12-24-46(36)57-47(37)29-31/h1-30H. The van der Waals surface area contributed by atoms with Crippen molar-refractivity contribution in [2.24, 2.45) is 0 Å². The highest BCUT2D eigenvalue weighted by Gasteiger charge is 2.26. The summed E-state index contributed by atoms with van der Waals surface area (Å²) in [6.45, 7) is 0. The zero-order valence-corrected chi connectivity index (χ0v) is 31.3. The lowest BCUT2D eigenvalue weighted by molar-refractivity contribution is 1.05. The van der Waals surface area contributed by atoms with Crippen molar-refractivity contribution >= 4 is 75.1 Å². The van der Waals surface area contributed by atoms with Crippen LogP contribution in [0.4, 0.5) is 0 Å². The summed E-state index contributed by atoms with van der Waals surface area (Å²) in [7, 11) is 0. The molecule has 57 heavy (non-hydrogen) atoms. The summed E-state index contributed by atoms with van der Waals surface area (Å²) in [5.74, 6) is 0.791. The van der Waals surface area contributed by atoms with E-state index in [1.54, 1.807) is 0 Å². The second-order valence-electron chi connectivity index (χ2n) is 14.9. The van der Waals surface area contributed by atoms with Gasteiger partial charge >= 0.3 is 0 Å². The number of thiophene rings is 1. The topological polar surface area (TPSA) is 35.6 Å². The number of fused-ring (bicyclic) bond motifs is 18. The minimum atomic E-state index is 0.791. The summed E-state index contributed by atoms with van der Waals surface area (Å²) in [4.78, 5) is 10.9. The molecule has 0 fully saturated rings. The van der Waals surface area contributed by atoms with E-state index in [-0.39, 0.29) is 0 Å². The molecule has 5 heteroatoms. The number of para-hydroxylation sites is 2. The van der Waals surface area contributed by atoms with Gasteiger partial charge in [-0.1, -0.05) is 133 Å². The van der Waals surface area contributed by atoms with E-state index in [9.17, 15) is 0 Å². The number of rotatable bonds is 2. The molecule has 4 nitrogen and oxygen atoms in total. The third-order valence-electron chi connectivity index (χ3n) is 12.0. The Morgan fingerprint density at radius 1 is 0.368 bits per heavy atom. The molecule has 1 aliphatic rings. The van der Waals surface area contributed by atoms with Gasteiger partial charge < -0.3 is 4.57 Å². The number of benzene rings is 8. The van der Waals surface area contributed by atoms with Crippen LogP contribution >= 0.6 is 11.3 Å². The number of hydrogen-bond acceptors (Lipinski definition) is 3. The highest BCUT2D eigenvalue weighted by atomic mass is 32.1. The Labute approximate surface area is 331 Å².